The third kappa shape index (κ3) is 4.56. The Bertz CT molecular complexity index is 1660. The van der Waals surface area contributed by atoms with Crippen molar-refractivity contribution in [2.75, 3.05) is 30.1 Å². The normalized spacial score (nSPS) is 36.9. The topological polar surface area (TPSA) is 254 Å². The van der Waals surface area contributed by atoms with Crippen LogP contribution in [0.25, 0.3) is 22.3 Å². The van der Waals surface area contributed by atoms with Gasteiger partial charge in [-0.15, -0.1) is 8.58 Å². The summed E-state index contributed by atoms with van der Waals surface area (Å²) >= 11 is 0. The summed E-state index contributed by atoms with van der Waals surface area (Å²) in [5.74, 6) is -0.181. The lowest BCUT2D eigenvalue weighted by molar-refractivity contribution is -0.168. The quantitative estimate of drug-likeness (QED) is 0.174. The van der Waals surface area contributed by atoms with Crippen LogP contribution in [0.15, 0.2) is 25.3 Å². The summed E-state index contributed by atoms with van der Waals surface area (Å²) in [5.41, 5.74) is 13.2. The van der Waals surface area contributed by atoms with Gasteiger partial charge >= 0.3 is 7.60 Å². The second-order valence-corrected chi connectivity index (χ2v) is 13.0. The van der Waals surface area contributed by atoms with Gasteiger partial charge in [0.15, 0.2) is 41.8 Å². The fourth-order valence-electron chi connectivity index (χ4n) is 5.44. The van der Waals surface area contributed by atoms with Crippen LogP contribution in [0.4, 0.5) is 11.6 Å². The van der Waals surface area contributed by atoms with E-state index in [-0.39, 0.29) is 20.2 Å². The molecule has 10 atom stereocenters. The molecule has 7 heterocycles. The van der Waals surface area contributed by atoms with Gasteiger partial charge in [0.25, 0.3) is 0 Å². The Hall–Kier alpha value is -2.92. The van der Waals surface area contributed by atoms with Crippen molar-refractivity contribution in [2.24, 2.45) is 5.92 Å². The monoisotopic (exact) mass is 608 g/mol. The number of hydrogen-bond donors (Lipinski definition) is 5. The number of fused-ring (bicyclic) bond motifs is 6. The molecule has 10 unspecified atom stereocenters. The van der Waals surface area contributed by atoms with E-state index >= 15 is 0 Å². The van der Waals surface area contributed by atoms with Crippen molar-refractivity contribution >= 4 is 50.1 Å². The lowest BCUT2D eigenvalue weighted by atomic mass is 10.1. The Morgan fingerprint density at radius 2 is 1.51 bits per heavy atom. The predicted molar refractivity (Wildman–Crippen MR) is 141 cm³/mol. The van der Waals surface area contributed by atoms with Gasteiger partial charge in [-0.05, 0) is 12.3 Å². The first-order valence-electron chi connectivity index (χ1n) is 12.6. The van der Waals surface area contributed by atoms with Gasteiger partial charge in [0.05, 0.1) is 18.8 Å². The van der Waals surface area contributed by atoms with Crippen LogP contribution >= 0.6 is 16.2 Å². The predicted octanol–water partition coefficient (Wildman–Crippen LogP) is -0.842. The summed E-state index contributed by atoms with van der Waals surface area (Å²) in [5, 5.41) is 22.3. The number of aliphatic hydroxyl groups is 2. The van der Waals surface area contributed by atoms with Crippen LogP contribution in [0.5, 0.6) is 0 Å². The van der Waals surface area contributed by atoms with Crippen LogP contribution in [0.1, 0.15) is 12.5 Å². The highest BCUT2D eigenvalue weighted by Crippen LogP contribution is 2.51. The zero-order chi connectivity index (χ0) is 28.5. The van der Waals surface area contributed by atoms with Gasteiger partial charge in [-0.3, -0.25) is 18.2 Å². The minimum absolute atomic E-state index is 0.148. The molecule has 3 saturated heterocycles. The van der Waals surface area contributed by atoms with Crippen LogP contribution < -0.4 is 11.5 Å². The molecule has 41 heavy (non-hydrogen) atoms. The second-order valence-electron chi connectivity index (χ2n) is 9.93. The van der Waals surface area contributed by atoms with Gasteiger partial charge in [-0.1, -0.05) is 0 Å². The zero-order valence-electron chi connectivity index (χ0n) is 21.1. The molecular weight excluding hydrogens is 582 g/mol. The van der Waals surface area contributed by atoms with E-state index in [1.807, 2.05) is 0 Å². The van der Waals surface area contributed by atoms with Crippen molar-refractivity contribution in [2.45, 2.75) is 43.2 Å². The van der Waals surface area contributed by atoms with Crippen molar-refractivity contribution in [3.05, 3.63) is 25.3 Å². The van der Waals surface area contributed by atoms with E-state index in [0.717, 1.165) is 0 Å². The number of rotatable bonds is 2. The van der Waals surface area contributed by atoms with Crippen LogP contribution in [-0.2, 0) is 23.3 Å². The summed E-state index contributed by atoms with van der Waals surface area (Å²) in [4.78, 5) is 35.6. The van der Waals surface area contributed by atoms with Gasteiger partial charge in [0.1, 0.15) is 48.2 Å². The SMILES string of the molecule is Nc1ncnc2c1ncn2C1OC2OCP(=O)(O)OC3C(O)C(CPCC1C2O)OC3n1cnc2c(N)ncnc21. The van der Waals surface area contributed by atoms with Gasteiger partial charge in [0.2, 0.25) is 0 Å². The molecule has 0 saturated carbocycles. The Morgan fingerprint density at radius 1 is 0.878 bits per heavy atom. The number of hydrogen-bond acceptors (Lipinski definition) is 15. The standard InChI is InChI=1S/C21H26N10O8P2/c22-15-10-17(26-3-24-15)30(5-28-10)19-8-1-40-2-9-13(33)14(39-41(34,35)7-36-21(38-19)12(8)32)20(37-9)31-6-29-11-16(23)25-4-27-18(11)31/h3-6,8-9,12-14,19-21,32-33,40H,1-2,7H2,(H,34,35)(H2,22,24,26)(H2,23,25,27). The van der Waals surface area contributed by atoms with Crippen LogP contribution in [0.3, 0.4) is 0 Å². The molecule has 4 aromatic rings. The van der Waals surface area contributed by atoms with Gasteiger partial charge in [-0.2, -0.15) is 0 Å². The van der Waals surface area contributed by atoms with E-state index in [1.165, 1.54) is 29.9 Å². The number of anilines is 2. The first-order valence-corrected chi connectivity index (χ1v) is 15.7. The van der Waals surface area contributed by atoms with E-state index in [9.17, 15) is 19.7 Å². The first-order chi connectivity index (χ1) is 19.7. The summed E-state index contributed by atoms with van der Waals surface area (Å²) < 4.78 is 39.8. The molecule has 18 nitrogen and oxygen atoms in total. The molecule has 0 aromatic carbocycles. The number of imidazole rings is 2. The number of ether oxygens (including phenoxy) is 3. The average Bonchev–Trinajstić information content (AvgIpc) is 3.70. The first kappa shape index (κ1) is 26.9. The summed E-state index contributed by atoms with van der Waals surface area (Å²) in [7, 11) is -4.35. The van der Waals surface area contributed by atoms with Crippen molar-refractivity contribution in [1.29, 1.82) is 0 Å². The van der Waals surface area contributed by atoms with Crippen LogP contribution in [0.2, 0.25) is 0 Å². The van der Waals surface area contributed by atoms with Crippen LogP contribution in [0, 0.1) is 5.92 Å². The Balaban J connectivity index is 1.20. The van der Waals surface area contributed by atoms with Crippen molar-refractivity contribution in [3.8, 4) is 0 Å². The van der Waals surface area contributed by atoms with E-state index in [4.69, 9.17) is 30.2 Å². The summed E-state index contributed by atoms with van der Waals surface area (Å²) in [6.45, 7) is 0. The van der Waals surface area contributed by atoms with Crippen LogP contribution in [-0.4, -0.2) is 104 Å². The van der Waals surface area contributed by atoms with Gasteiger partial charge in [0, 0.05) is 5.92 Å². The number of nitrogens with zero attached hydrogens (tertiary/aromatic N) is 8. The lowest BCUT2D eigenvalue weighted by Crippen LogP contribution is -2.34. The second kappa shape index (κ2) is 10.1. The highest BCUT2D eigenvalue weighted by Gasteiger charge is 2.51. The number of aliphatic hydroxyl groups excluding tert-OH is 2. The maximum atomic E-state index is 13.2. The third-order valence-electron chi connectivity index (χ3n) is 7.41. The molecule has 7 rings (SSSR count). The number of nitrogens with two attached hydrogens (primary N) is 2. The zero-order valence-corrected chi connectivity index (χ0v) is 23.0. The van der Waals surface area contributed by atoms with Crippen molar-refractivity contribution in [1.82, 2.24) is 39.0 Å². The lowest BCUT2D eigenvalue weighted by Gasteiger charge is -2.25. The molecule has 0 radical (unpaired) electrons. The summed E-state index contributed by atoms with van der Waals surface area (Å²) in [6, 6.07) is 0. The third-order valence-corrected chi connectivity index (χ3v) is 9.91. The molecule has 4 aromatic heterocycles. The fourth-order valence-corrected chi connectivity index (χ4v) is 8.01. The molecule has 3 aliphatic heterocycles. The van der Waals surface area contributed by atoms with Gasteiger partial charge in [-0.25, -0.2) is 29.9 Å². The maximum Gasteiger partial charge on any atom is 0.354 e. The number of aromatic nitrogens is 8. The molecule has 20 heteroatoms. The molecule has 0 aliphatic carbocycles. The highest BCUT2D eigenvalue weighted by molar-refractivity contribution is 7.52. The number of nitrogen functional groups attached to an aromatic ring is 2. The van der Waals surface area contributed by atoms with Gasteiger partial charge < -0.3 is 40.8 Å². The molecule has 4 bridgehead atoms. The van der Waals surface area contributed by atoms with Crippen molar-refractivity contribution < 1.29 is 38.4 Å². The minimum atomic E-state index is -4.53. The van der Waals surface area contributed by atoms with Crippen molar-refractivity contribution in [3.63, 3.8) is 0 Å². The molecule has 0 spiro atoms. The van der Waals surface area contributed by atoms with E-state index in [0.29, 0.717) is 34.7 Å². The summed E-state index contributed by atoms with van der Waals surface area (Å²) in [6.07, 6.45) is -2.09. The highest BCUT2D eigenvalue weighted by atomic mass is 31.2. The smallest absolute Gasteiger partial charge is 0.354 e. The van der Waals surface area contributed by atoms with E-state index < -0.39 is 63.0 Å². The Morgan fingerprint density at radius 3 is 2.17 bits per heavy atom. The minimum Gasteiger partial charge on any atom is -0.387 e. The maximum absolute atomic E-state index is 13.2. The fraction of sp³-hybridized carbons (Fsp3) is 0.524. The molecule has 3 aliphatic rings. The average molecular weight is 608 g/mol. The largest absolute Gasteiger partial charge is 0.387 e. The molecular formula is C21H26N10O8P2. The molecule has 0 amide bonds. The van der Waals surface area contributed by atoms with E-state index in [1.54, 1.807) is 4.57 Å². The Kier molecular flexibility index (Phi) is 6.65. The molecule has 7 N–H and O–H groups in total. The molecule has 3 fully saturated rings. The molecule has 218 valence electrons. The van der Waals surface area contributed by atoms with E-state index in [2.05, 4.69) is 29.9 Å². The Labute approximate surface area is 232 Å².